The lowest BCUT2D eigenvalue weighted by molar-refractivity contribution is 0.255. The van der Waals surface area contributed by atoms with Crippen molar-refractivity contribution in [2.45, 2.75) is 65.0 Å². The van der Waals surface area contributed by atoms with Crippen LogP contribution in [0.15, 0.2) is 55.3 Å². The fourth-order valence-electron chi connectivity index (χ4n) is 4.15. The lowest BCUT2D eigenvalue weighted by Gasteiger charge is -2.31. The average molecular weight is 357 g/mol. The second kappa shape index (κ2) is 11.2. The van der Waals surface area contributed by atoms with E-state index in [1.165, 1.54) is 24.8 Å². The first-order valence-electron chi connectivity index (χ1n) is 10.1. The minimum atomic E-state index is 0.419. The summed E-state index contributed by atoms with van der Waals surface area (Å²) in [5.74, 6) is 2.04. The molecule has 3 atom stereocenters. The number of hydrogen-bond donors (Lipinski definition) is 1. The minimum absolute atomic E-state index is 0.419. The molecule has 0 aromatic heterocycles. The van der Waals surface area contributed by atoms with E-state index in [0.717, 1.165) is 11.6 Å². The van der Waals surface area contributed by atoms with E-state index >= 15 is 0 Å². The quantitative estimate of drug-likeness (QED) is 0.617. The van der Waals surface area contributed by atoms with Crippen molar-refractivity contribution in [3.05, 3.63) is 60.8 Å². The molecule has 0 heterocycles. The van der Waals surface area contributed by atoms with E-state index in [4.69, 9.17) is 0 Å². The van der Waals surface area contributed by atoms with Gasteiger partial charge < -0.3 is 10.2 Å². The number of hydrogen-bond acceptors (Lipinski definition) is 2. The summed E-state index contributed by atoms with van der Waals surface area (Å²) >= 11 is 0. The Morgan fingerprint density at radius 3 is 2.19 bits per heavy atom. The highest BCUT2D eigenvalue weighted by Crippen LogP contribution is 2.39. The van der Waals surface area contributed by atoms with E-state index in [1.807, 2.05) is 0 Å². The van der Waals surface area contributed by atoms with E-state index in [-0.39, 0.29) is 0 Å². The zero-order valence-electron chi connectivity index (χ0n) is 17.8. The Bertz CT molecular complexity index is 522. The van der Waals surface area contributed by atoms with Crippen molar-refractivity contribution >= 4 is 0 Å². The molecule has 0 amide bonds. The number of nitrogens with zero attached hydrogens (tertiary/aromatic N) is 1. The summed E-state index contributed by atoms with van der Waals surface area (Å²) in [5, 5.41) is 3.37. The molecule has 3 unspecified atom stereocenters. The van der Waals surface area contributed by atoms with Gasteiger partial charge in [0.25, 0.3) is 0 Å². The van der Waals surface area contributed by atoms with E-state index in [9.17, 15) is 0 Å². The van der Waals surface area contributed by atoms with Crippen molar-refractivity contribution in [2.75, 3.05) is 14.1 Å². The summed E-state index contributed by atoms with van der Waals surface area (Å²) in [5.41, 5.74) is 2.61. The van der Waals surface area contributed by atoms with Crippen LogP contribution in [-0.4, -0.2) is 31.1 Å². The van der Waals surface area contributed by atoms with Gasteiger partial charge in [0, 0.05) is 11.7 Å². The first kappa shape index (κ1) is 22.5. The standard InChI is InChI=1S/C13H16.C11H24N2/c1-2-11-9-6-10-13(11)12-7-4-3-5-8-12;1-8(2)11(13(6)7)10(5)12-9(3)4/h2-5,7-8,11,13H,1,6,9-10H2;8-9,11-12H,5H2,1-4,6-7H3. The average Bonchev–Trinajstić information content (AvgIpc) is 3.03. The molecule has 1 saturated carbocycles. The molecule has 2 nitrogen and oxygen atoms in total. The topological polar surface area (TPSA) is 15.3 Å². The van der Waals surface area contributed by atoms with E-state index in [2.05, 4.69) is 102 Å². The molecule has 2 heteroatoms. The highest BCUT2D eigenvalue weighted by molar-refractivity contribution is 5.22. The number of nitrogens with one attached hydrogen (secondary N) is 1. The van der Waals surface area contributed by atoms with Crippen molar-refractivity contribution < 1.29 is 0 Å². The summed E-state index contributed by atoms with van der Waals surface area (Å²) in [6.45, 7) is 16.7. The first-order chi connectivity index (χ1) is 12.3. The van der Waals surface area contributed by atoms with Crippen molar-refractivity contribution in [3.8, 4) is 0 Å². The molecule has 1 aromatic rings. The van der Waals surface area contributed by atoms with Crippen molar-refractivity contribution in [1.29, 1.82) is 0 Å². The Morgan fingerprint density at radius 2 is 1.73 bits per heavy atom. The molecule has 1 aromatic carbocycles. The van der Waals surface area contributed by atoms with Gasteiger partial charge in [-0.25, -0.2) is 0 Å². The minimum Gasteiger partial charge on any atom is -0.385 e. The van der Waals surface area contributed by atoms with Gasteiger partial charge in [-0.15, -0.1) is 6.58 Å². The number of benzene rings is 1. The normalized spacial score (nSPS) is 20.7. The van der Waals surface area contributed by atoms with Gasteiger partial charge in [0.05, 0.1) is 6.04 Å². The van der Waals surface area contributed by atoms with Crippen LogP contribution < -0.4 is 5.32 Å². The molecule has 2 rings (SSSR count). The summed E-state index contributed by atoms with van der Waals surface area (Å²) in [6, 6.07) is 11.7. The highest BCUT2D eigenvalue weighted by Gasteiger charge is 2.25. The van der Waals surface area contributed by atoms with Crippen LogP contribution in [0.5, 0.6) is 0 Å². The maximum absolute atomic E-state index is 4.08. The molecule has 0 saturated heterocycles. The Kier molecular flexibility index (Phi) is 9.72. The van der Waals surface area contributed by atoms with Crippen LogP contribution in [0.25, 0.3) is 0 Å². The number of allylic oxidation sites excluding steroid dienone is 1. The summed E-state index contributed by atoms with van der Waals surface area (Å²) in [7, 11) is 4.19. The summed E-state index contributed by atoms with van der Waals surface area (Å²) in [4.78, 5) is 2.21. The molecule has 146 valence electrons. The predicted molar refractivity (Wildman–Crippen MR) is 116 cm³/mol. The molecule has 0 radical (unpaired) electrons. The van der Waals surface area contributed by atoms with Gasteiger partial charge in [-0.2, -0.15) is 0 Å². The molecule has 1 N–H and O–H groups in total. The predicted octanol–water partition coefficient (Wildman–Crippen LogP) is 5.84. The number of rotatable bonds is 7. The van der Waals surface area contributed by atoms with Crippen molar-refractivity contribution in [1.82, 2.24) is 10.2 Å². The first-order valence-corrected chi connectivity index (χ1v) is 10.1. The highest BCUT2D eigenvalue weighted by atomic mass is 15.1. The Morgan fingerprint density at radius 1 is 1.12 bits per heavy atom. The fraction of sp³-hybridized carbons (Fsp3) is 0.583. The molecule has 0 aliphatic heterocycles. The Balaban J connectivity index is 0.000000260. The van der Waals surface area contributed by atoms with Crippen LogP contribution in [0.1, 0.15) is 58.4 Å². The Hall–Kier alpha value is -1.54. The van der Waals surface area contributed by atoms with Crippen molar-refractivity contribution in [3.63, 3.8) is 0 Å². The van der Waals surface area contributed by atoms with Crippen LogP contribution in [0.3, 0.4) is 0 Å². The maximum Gasteiger partial charge on any atom is 0.0506 e. The van der Waals surface area contributed by atoms with Gasteiger partial charge in [0.2, 0.25) is 0 Å². The van der Waals surface area contributed by atoms with Gasteiger partial charge in [0.1, 0.15) is 0 Å². The molecule has 1 aliphatic carbocycles. The van der Waals surface area contributed by atoms with E-state index < -0.39 is 0 Å². The SMILES string of the molecule is C=C(NC(C)C)C(C(C)C)N(C)C.C=CC1CCCC1c1ccccc1. The van der Waals surface area contributed by atoms with Crippen LogP contribution >= 0.6 is 0 Å². The van der Waals surface area contributed by atoms with Crippen LogP contribution in [0.4, 0.5) is 0 Å². The van der Waals surface area contributed by atoms with Gasteiger partial charge >= 0.3 is 0 Å². The largest absolute Gasteiger partial charge is 0.385 e. The van der Waals surface area contributed by atoms with E-state index in [0.29, 0.717) is 23.9 Å². The van der Waals surface area contributed by atoms with Gasteiger partial charge in [-0.05, 0) is 64.1 Å². The molecule has 26 heavy (non-hydrogen) atoms. The lowest BCUT2D eigenvalue weighted by Crippen LogP contribution is -2.40. The monoisotopic (exact) mass is 356 g/mol. The second-order valence-corrected chi connectivity index (χ2v) is 8.32. The summed E-state index contributed by atoms with van der Waals surface area (Å²) in [6.07, 6.45) is 6.14. The maximum atomic E-state index is 4.08. The lowest BCUT2D eigenvalue weighted by atomic mass is 9.89. The third-order valence-corrected chi connectivity index (χ3v) is 5.12. The molecule has 1 aliphatic rings. The van der Waals surface area contributed by atoms with Crippen LogP contribution in [-0.2, 0) is 0 Å². The van der Waals surface area contributed by atoms with E-state index in [1.54, 1.807) is 0 Å². The fourth-order valence-corrected chi connectivity index (χ4v) is 4.15. The van der Waals surface area contributed by atoms with Crippen LogP contribution in [0.2, 0.25) is 0 Å². The van der Waals surface area contributed by atoms with Gasteiger partial charge in [-0.1, -0.05) is 63.3 Å². The molecule has 1 fully saturated rings. The molecule has 0 bridgehead atoms. The van der Waals surface area contributed by atoms with Crippen LogP contribution in [0, 0.1) is 11.8 Å². The summed E-state index contributed by atoms with van der Waals surface area (Å²) < 4.78 is 0. The van der Waals surface area contributed by atoms with Gasteiger partial charge in [-0.3, -0.25) is 0 Å². The Labute approximate surface area is 162 Å². The third kappa shape index (κ3) is 6.99. The molecule has 0 spiro atoms. The van der Waals surface area contributed by atoms with Crippen molar-refractivity contribution in [2.24, 2.45) is 11.8 Å². The number of likely N-dealkylation sites (N-methyl/N-ethyl adjacent to an activating group) is 1. The third-order valence-electron chi connectivity index (χ3n) is 5.12. The zero-order chi connectivity index (χ0) is 19.7. The molecular weight excluding hydrogens is 316 g/mol. The van der Waals surface area contributed by atoms with Gasteiger partial charge in [0.15, 0.2) is 0 Å². The zero-order valence-corrected chi connectivity index (χ0v) is 17.8. The smallest absolute Gasteiger partial charge is 0.0506 e. The molecular formula is C24H40N2. The second-order valence-electron chi connectivity index (χ2n) is 8.32.